The van der Waals surface area contributed by atoms with Crippen LogP contribution in [0.15, 0.2) is 36.7 Å². The fraction of sp³-hybridized carbons (Fsp3) is 0.409. The van der Waals surface area contributed by atoms with Gasteiger partial charge in [-0.1, -0.05) is 18.2 Å². The Balaban J connectivity index is 1.32. The molecule has 0 N–H and O–H groups in total. The first-order chi connectivity index (χ1) is 14.5. The Labute approximate surface area is 175 Å². The van der Waals surface area contributed by atoms with Crippen molar-refractivity contribution in [3.63, 3.8) is 0 Å². The second-order valence-electron chi connectivity index (χ2n) is 8.37. The van der Waals surface area contributed by atoms with E-state index >= 15 is 0 Å². The molecule has 2 aromatic heterocycles. The van der Waals surface area contributed by atoms with Gasteiger partial charge in [-0.2, -0.15) is 5.10 Å². The number of anilines is 1. The summed E-state index contributed by atoms with van der Waals surface area (Å²) in [5.74, 6) is 2.34. The number of carbonyl (C=O) groups is 1. The first kappa shape index (κ1) is 18.7. The number of hydrogen-bond acceptors (Lipinski definition) is 6. The second kappa shape index (κ2) is 7.19. The monoisotopic (exact) mass is 403 g/mol. The molecule has 0 saturated carbocycles. The molecule has 5 rings (SSSR count). The molecule has 4 heterocycles. The largest absolute Gasteiger partial charge is 0.340 e. The maximum Gasteiger partial charge on any atom is 0.254 e. The van der Waals surface area contributed by atoms with Gasteiger partial charge in [0.1, 0.15) is 6.33 Å². The van der Waals surface area contributed by atoms with E-state index in [0.717, 1.165) is 49.1 Å². The third kappa shape index (κ3) is 3.32. The van der Waals surface area contributed by atoms with Crippen molar-refractivity contribution in [2.45, 2.75) is 13.8 Å². The standard InChI is InChI=1S/C22H25N7O/c1-14-8-15(2)25-22(24-14)29-11-16-9-28(10-17(16)12-29)21(30)19-7-5-4-6-18(19)20-23-13-27(3)26-20/h4-8,13,16-17H,9-12H2,1-3H3. The molecule has 2 atom stereocenters. The molecular weight excluding hydrogens is 378 g/mol. The highest BCUT2D eigenvalue weighted by molar-refractivity contribution is 6.00. The lowest BCUT2D eigenvalue weighted by atomic mass is 10.0. The lowest BCUT2D eigenvalue weighted by Gasteiger charge is -2.23. The Kier molecular flexibility index (Phi) is 4.49. The molecule has 0 bridgehead atoms. The van der Waals surface area contributed by atoms with Gasteiger partial charge in [-0.05, 0) is 26.0 Å². The molecule has 3 aromatic rings. The van der Waals surface area contributed by atoms with Gasteiger partial charge in [0, 0.05) is 62.0 Å². The van der Waals surface area contributed by atoms with Crippen LogP contribution >= 0.6 is 0 Å². The number of likely N-dealkylation sites (tertiary alicyclic amines) is 1. The van der Waals surface area contributed by atoms with E-state index in [1.165, 1.54) is 0 Å². The topological polar surface area (TPSA) is 80.0 Å². The number of carbonyl (C=O) groups excluding carboxylic acids is 1. The molecule has 8 heteroatoms. The average Bonchev–Trinajstić information content (AvgIpc) is 3.41. The summed E-state index contributed by atoms with van der Waals surface area (Å²) in [5.41, 5.74) is 3.43. The quantitative estimate of drug-likeness (QED) is 0.666. The SMILES string of the molecule is Cc1cc(C)nc(N2CC3CN(C(=O)c4ccccc4-c4ncn(C)n4)CC3C2)n1. The fourth-order valence-corrected chi connectivity index (χ4v) is 4.67. The number of rotatable bonds is 3. The van der Waals surface area contributed by atoms with Gasteiger partial charge >= 0.3 is 0 Å². The molecule has 30 heavy (non-hydrogen) atoms. The molecule has 0 spiro atoms. The van der Waals surface area contributed by atoms with Crippen LogP contribution in [0.5, 0.6) is 0 Å². The predicted molar refractivity (Wildman–Crippen MR) is 113 cm³/mol. The lowest BCUT2D eigenvalue weighted by Crippen LogP contribution is -2.34. The Bertz CT molecular complexity index is 1070. The summed E-state index contributed by atoms with van der Waals surface area (Å²) in [6, 6.07) is 9.60. The minimum atomic E-state index is 0.0571. The lowest BCUT2D eigenvalue weighted by molar-refractivity contribution is 0.0783. The van der Waals surface area contributed by atoms with Crippen molar-refractivity contribution in [3.05, 3.63) is 53.6 Å². The molecule has 2 saturated heterocycles. The smallest absolute Gasteiger partial charge is 0.254 e. The number of aryl methyl sites for hydroxylation is 3. The molecule has 154 valence electrons. The Morgan fingerprint density at radius 1 is 1.00 bits per heavy atom. The third-order valence-electron chi connectivity index (χ3n) is 6.02. The van der Waals surface area contributed by atoms with Crippen LogP contribution in [-0.4, -0.2) is 61.7 Å². The van der Waals surface area contributed by atoms with Gasteiger partial charge in [-0.15, -0.1) is 0 Å². The number of nitrogens with zero attached hydrogens (tertiary/aromatic N) is 7. The van der Waals surface area contributed by atoms with E-state index in [4.69, 9.17) is 0 Å². The van der Waals surface area contributed by atoms with Crippen LogP contribution in [0.3, 0.4) is 0 Å². The minimum absolute atomic E-state index is 0.0571. The van der Waals surface area contributed by atoms with Crippen LogP contribution in [0.4, 0.5) is 5.95 Å². The van der Waals surface area contributed by atoms with Gasteiger partial charge < -0.3 is 9.80 Å². The first-order valence-corrected chi connectivity index (χ1v) is 10.3. The molecule has 1 amide bonds. The van der Waals surface area contributed by atoms with Crippen LogP contribution in [0.25, 0.3) is 11.4 Å². The van der Waals surface area contributed by atoms with E-state index in [1.807, 2.05) is 56.1 Å². The van der Waals surface area contributed by atoms with Crippen molar-refractivity contribution >= 4 is 11.9 Å². The van der Waals surface area contributed by atoms with Crippen LogP contribution < -0.4 is 4.90 Å². The number of fused-ring (bicyclic) bond motifs is 1. The van der Waals surface area contributed by atoms with Crippen LogP contribution in [0, 0.1) is 25.7 Å². The maximum atomic E-state index is 13.3. The highest BCUT2D eigenvalue weighted by Gasteiger charge is 2.42. The summed E-state index contributed by atoms with van der Waals surface area (Å²) < 4.78 is 1.65. The van der Waals surface area contributed by atoms with Crippen LogP contribution in [0.1, 0.15) is 21.7 Å². The van der Waals surface area contributed by atoms with Crippen molar-refractivity contribution in [1.82, 2.24) is 29.6 Å². The van der Waals surface area contributed by atoms with Gasteiger partial charge in [0.2, 0.25) is 5.95 Å². The molecule has 1 aromatic carbocycles. The minimum Gasteiger partial charge on any atom is -0.340 e. The summed E-state index contributed by atoms with van der Waals surface area (Å²) in [4.78, 5) is 31.1. The molecule has 0 aliphatic carbocycles. The van der Waals surface area contributed by atoms with Gasteiger partial charge in [0.05, 0.1) is 5.56 Å². The number of hydrogen-bond donors (Lipinski definition) is 0. The van der Waals surface area contributed by atoms with Crippen molar-refractivity contribution in [3.8, 4) is 11.4 Å². The van der Waals surface area contributed by atoms with Gasteiger partial charge in [0.25, 0.3) is 5.91 Å². The van der Waals surface area contributed by atoms with Gasteiger partial charge in [-0.3, -0.25) is 9.48 Å². The van der Waals surface area contributed by atoms with Crippen LogP contribution in [-0.2, 0) is 7.05 Å². The van der Waals surface area contributed by atoms with Crippen molar-refractivity contribution in [1.29, 1.82) is 0 Å². The maximum absolute atomic E-state index is 13.3. The van der Waals surface area contributed by atoms with E-state index in [-0.39, 0.29) is 5.91 Å². The molecular formula is C22H25N7O. The van der Waals surface area contributed by atoms with Gasteiger partial charge in [-0.25, -0.2) is 15.0 Å². The fourth-order valence-electron chi connectivity index (χ4n) is 4.67. The summed E-state index contributed by atoms with van der Waals surface area (Å²) in [7, 11) is 1.83. The Hall–Kier alpha value is -3.29. The Morgan fingerprint density at radius 3 is 2.30 bits per heavy atom. The summed E-state index contributed by atoms with van der Waals surface area (Å²) >= 11 is 0. The summed E-state index contributed by atoms with van der Waals surface area (Å²) in [5, 5.41) is 4.38. The normalized spacial score (nSPS) is 20.6. The van der Waals surface area contributed by atoms with E-state index in [0.29, 0.717) is 23.2 Å². The van der Waals surface area contributed by atoms with Crippen LogP contribution in [0.2, 0.25) is 0 Å². The van der Waals surface area contributed by atoms with E-state index in [1.54, 1.807) is 11.0 Å². The summed E-state index contributed by atoms with van der Waals surface area (Å²) in [6.07, 6.45) is 1.65. The third-order valence-corrected chi connectivity index (χ3v) is 6.02. The van der Waals surface area contributed by atoms with E-state index < -0.39 is 0 Å². The summed E-state index contributed by atoms with van der Waals surface area (Å²) in [6.45, 7) is 7.30. The zero-order valence-electron chi connectivity index (χ0n) is 17.5. The average molecular weight is 403 g/mol. The zero-order valence-corrected chi connectivity index (χ0v) is 17.5. The second-order valence-corrected chi connectivity index (χ2v) is 8.37. The molecule has 2 aliphatic rings. The first-order valence-electron chi connectivity index (χ1n) is 10.3. The zero-order chi connectivity index (χ0) is 20.8. The number of amides is 1. The number of aromatic nitrogens is 5. The Morgan fingerprint density at radius 2 is 1.67 bits per heavy atom. The van der Waals surface area contributed by atoms with E-state index in [9.17, 15) is 4.79 Å². The molecule has 2 aliphatic heterocycles. The van der Waals surface area contributed by atoms with E-state index in [2.05, 4.69) is 25.0 Å². The highest BCUT2D eigenvalue weighted by atomic mass is 16.2. The number of benzene rings is 1. The molecule has 2 fully saturated rings. The molecule has 2 unspecified atom stereocenters. The van der Waals surface area contributed by atoms with Crippen molar-refractivity contribution < 1.29 is 4.79 Å². The predicted octanol–water partition coefficient (Wildman–Crippen LogP) is 2.10. The van der Waals surface area contributed by atoms with Crippen molar-refractivity contribution in [2.75, 3.05) is 31.1 Å². The molecule has 8 nitrogen and oxygen atoms in total. The van der Waals surface area contributed by atoms with Gasteiger partial charge in [0.15, 0.2) is 5.82 Å². The van der Waals surface area contributed by atoms with Crippen molar-refractivity contribution in [2.24, 2.45) is 18.9 Å². The molecule has 0 radical (unpaired) electrons. The highest BCUT2D eigenvalue weighted by Crippen LogP contribution is 2.34.